The van der Waals surface area contributed by atoms with Crippen LogP contribution in [-0.4, -0.2) is 37.0 Å². The number of rotatable bonds is 6. The van der Waals surface area contributed by atoms with Crippen molar-refractivity contribution in [3.63, 3.8) is 0 Å². The van der Waals surface area contributed by atoms with Gasteiger partial charge in [-0.25, -0.2) is 9.48 Å². The van der Waals surface area contributed by atoms with E-state index >= 15 is 0 Å². The lowest BCUT2D eigenvalue weighted by Gasteiger charge is -2.18. The minimum absolute atomic E-state index is 0.0255. The molecule has 2 aromatic rings. The highest BCUT2D eigenvalue weighted by Crippen LogP contribution is 2.29. The molecule has 1 aliphatic heterocycles. The van der Waals surface area contributed by atoms with Gasteiger partial charge < -0.3 is 9.73 Å². The van der Waals surface area contributed by atoms with Crippen molar-refractivity contribution in [1.29, 1.82) is 0 Å². The van der Waals surface area contributed by atoms with E-state index in [9.17, 15) is 9.59 Å². The van der Waals surface area contributed by atoms with Crippen molar-refractivity contribution in [3.8, 4) is 0 Å². The quantitative estimate of drug-likeness (QED) is 0.797. The number of urea groups is 1. The predicted octanol–water partition coefficient (Wildman–Crippen LogP) is 1.03. The molecule has 122 valence electrons. The fourth-order valence-electron chi connectivity index (χ4n) is 2.53. The summed E-state index contributed by atoms with van der Waals surface area (Å²) in [7, 11) is 0. The van der Waals surface area contributed by atoms with Crippen molar-refractivity contribution in [3.05, 3.63) is 30.0 Å². The molecule has 0 aromatic carbocycles. The summed E-state index contributed by atoms with van der Waals surface area (Å²) in [6.45, 7) is 4.36. The maximum atomic E-state index is 12.7. The standard InChI is InChI=1S/C14H18N6O3/c1-3-4-7-20-11(16-17-18-20)9-19-12(21)14(2,15-13(19)22)10-6-5-8-23-10/h5-6,8H,3-4,7,9H2,1-2H3,(H,15,22). The predicted molar refractivity (Wildman–Crippen MR) is 77.9 cm³/mol. The SMILES string of the molecule is CCCCn1nnnc1CN1C(=O)NC(C)(c2ccco2)C1=O. The van der Waals surface area contributed by atoms with Gasteiger partial charge in [-0.1, -0.05) is 13.3 Å². The molecule has 23 heavy (non-hydrogen) atoms. The molecule has 1 aliphatic rings. The van der Waals surface area contributed by atoms with Gasteiger partial charge in [0.2, 0.25) is 0 Å². The lowest BCUT2D eigenvalue weighted by Crippen LogP contribution is -2.40. The van der Waals surface area contributed by atoms with E-state index in [1.165, 1.54) is 6.26 Å². The molecule has 1 unspecified atom stereocenters. The third kappa shape index (κ3) is 2.58. The summed E-state index contributed by atoms with van der Waals surface area (Å²) in [5.74, 6) is 0.483. The molecule has 0 aliphatic carbocycles. The minimum atomic E-state index is -1.21. The summed E-state index contributed by atoms with van der Waals surface area (Å²) in [5.41, 5.74) is -1.21. The van der Waals surface area contributed by atoms with E-state index in [1.807, 2.05) is 0 Å². The first kappa shape index (κ1) is 15.2. The molecule has 0 bridgehead atoms. The van der Waals surface area contributed by atoms with E-state index in [1.54, 1.807) is 23.7 Å². The molecule has 0 radical (unpaired) electrons. The number of furan rings is 1. The summed E-state index contributed by atoms with van der Waals surface area (Å²) in [4.78, 5) is 26.0. The van der Waals surface area contributed by atoms with Crippen LogP contribution < -0.4 is 5.32 Å². The average Bonchev–Trinajstić information content (AvgIpc) is 3.24. The largest absolute Gasteiger partial charge is 0.466 e. The molecule has 2 aromatic heterocycles. The van der Waals surface area contributed by atoms with Crippen molar-refractivity contribution in [2.75, 3.05) is 0 Å². The number of hydrogen-bond acceptors (Lipinski definition) is 6. The zero-order valence-electron chi connectivity index (χ0n) is 13.0. The number of hydrogen-bond donors (Lipinski definition) is 1. The van der Waals surface area contributed by atoms with Gasteiger partial charge in [0.05, 0.1) is 12.8 Å². The number of carbonyl (C=O) groups is 2. The number of aromatic nitrogens is 4. The van der Waals surface area contributed by atoms with E-state index in [-0.39, 0.29) is 12.5 Å². The molecule has 3 heterocycles. The lowest BCUT2D eigenvalue weighted by molar-refractivity contribution is -0.132. The van der Waals surface area contributed by atoms with Crippen LogP contribution in [0.3, 0.4) is 0 Å². The highest BCUT2D eigenvalue weighted by Gasteiger charge is 2.51. The molecular weight excluding hydrogens is 300 g/mol. The van der Waals surface area contributed by atoms with E-state index in [2.05, 4.69) is 27.8 Å². The second-order valence-electron chi connectivity index (χ2n) is 5.60. The van der Waals surface area contributed by atoms with Crippen molar-refractivity contribution in [1.82, 2.24) is 30.4 Å². The van der Waals surface area contributed by atoms with Crippen molar-refractivity contribution >= 4 is 11.9 Å². The Kier molecular flexibility index (Phi) is 3.85. The van der Waals surface area contributed by atoms with Gasteiger partial charge in [-0.15, -0.1) is 5.10 Å². The summed E-state index contributed by atoms with van der Waals surface area (Å²) in [6.07, 6.45) is 3.38. The van der Waals surface area contributed by atoms with Gasteiger partial charge in [0.25, 0.3) is 5.91 Å². The van der Waals surface area contributed by atoms with E-state index in [4.69, 9.17) is 4.42 Å². The number of nitrogens with zero attached hydrogens (tertiary/aromatic N) is 5. The monoisotopic (exact) mass is 318 g/mol. The maximum absolute atomic E-state index is 12.7. The Morgan fingerprint density at radius 1 is 1.39 bits per heavy atom. The molecule has 1 saturated heterocycles. The Balaban J connectivity index is 1.80. The van der Waals surface area contributed by atoms with E-state index in [0.717, 1.165) is 17.7 Å². The number of carbonyl (C=O) groups excluding carboxylic acids is 2. The first-order valence-electron chi connectivity index (χ1n) is 7.49. The maximum Gasteiger partial charge on any atom is 0.325 e. The second-order valence-corrected chi connectivity index (χ2v) is 5.60. The number of amides is 3. The number of unbranched alkanes of at least 4 members (excludes halogenated alkanes) is 1. The van der Waals surface area contributed by atoms with E-state index in [0.29, 0.717) is 18.1 Å². The Morgan fingerprint density at radius 3 is 2.91 bits per heavy atom. The van der Waals surface area contributed by atoms with Gasteiger partial charge >= 0.3 is 6.03 Å². The van der Waals surface area contributed by atoms with Crippen LogP contribution >= 0.6 is 0 Å². The molecule has 9 nitrogen and oxygen atoms in total. The summed E-state index contributed by atoms with van der Waals surface area (Å²) in [6, 6.07) is 2.85. The van der Waals surface area contributed by atoms with E-state index < -0.39 is 11.6 Å². The van der Waals surface area contributed by atoms with Gasteiger partial charge in [0.15, 0.2) is 11.4 Å². The van der Waals surface area contributed by atoms with Gasteiger partial charge in [-0.2, -0.15) is 0 Å². The average molecular weight is 318 g/mol. The van der Waals surface area contributed by atoms with Crippen LogP contribution in [0.15, 0.2) is 22.8 Å². The second kappa shape index (κ2) is 5.82. The molecular formula is C14H18N6O3. The Hall–Kier alpha value is -2.71. The zero-order valence-corrected chi connectivity index (χ0v) is 13.0. The first-order valence-corrected chi connectivity index (χ1v) is 7.49. The number of nitrogens with one attached hydrogen (secondary N) is 1. The van der Waals surface area contributed by atoms with Crippen LogP contribution in [0.25, 0.3) is 0 Å². The fraction of sp³-hybridized carbons (Fsp3) is 0.500. The van der Waals surface area contributed by atoms with Gasteiger partial charge in [0.1, 0.15) is 5.76 Å². The Morgan fingerprint density at radius 2 is 2.22 bits per heavy atom. The van der Waals surface area contributed by atoms with Crippen LogP contribution in [0, 0.1) is 0 Å². The lowest BCUT2D eigenvalue weighted by atomic mass is 9.99. The molecule has 1 fully saturated rings. The van der Waals surface area contributed by atoms with Gasteiger partial charge in [-0.3, -0.25) is 9.69 Å². The fourth-order valence-corrected chi connectivity index (χ4v) is 2.53. The van der Waals surface area contributed by atoms with Crippen LogP contribution in [-0.2, 0) is 23.4 Å². The number of aryl methyl sites for hydroxylation is 1. The molecule has 0 saturated carbocycles. The van der Waals surface area contributed by atoms with Gasteiger partial charge in [-0.05, 0) is 35.9 Å². The molecule has 3 rings (SSSR count). The Bertz CT molecular complexity index is 710. The topological polar surface area (TPSA) is 106 Å². The minimum Gasteiger partial charge on any atom is -0.466 e. The first-order chi connectivity index (χ1) is 11.1. The van der Waals surface area contributed by atoms with Crippen molar-refractivity contribution in [2.45, 2.75) is 45.3 Å². The molecule has 0 spiro atoms. The Labute approximate surface area is 132 Å². The molecule has 1 N–H and O–H groups in total. The zero-order chi connectivity index (χ0) is 16.4. The van der Waals surface area contributed by atoms with Crippen LogP contribution in [0.2, 0.25) is 0 Å². The number of tetrazole rings is 1. The van der Waals surface area contributed by atoms with Crippen LogP contribution in [0.5, 0.6) is 0 Å². The molecule has 3 amide bonds. The third-order valence-electron chi connectivity index (χ3n) is 3.92. The highest BCUT2D eigenvalue weighted by atomic mass is 16.3. The highest BCUT2D eigenvalue weighted by molar-refractivity contribution is 6.06. The smallest absolute Gasteiger partial charge is 0.325 e. The molecule has 1 atom stereocenters. The third-order valence-corrected chi connectivity index (χ3v) is 3.92. The van der Waals surface area contributed by atoms with Crippen molar-refractivity contribution in [2.24, 2.45) is 0 Å². The summed E-state index contributed by atoms with van der Waals surface area (Å²) >= 11 is 0. The van der Waals surface area contributed by atoms with Gasteiger partial charge in [0, 0.05) is 6.54 Å². The number of imide groups is 1. The summed E-state index contributed by atoms with van der Waals surface area (Å²) < 4.78 is 6.91. The van der Waals surface area contributed by atoms with Crippen LogP contribution in [0.4, 0.5) is 4.79 Å². The van der Waals surface area contributed by atoms with Crippen molar-refractivity contribution < 1.29 is 14.0 Å². The van der Waals surface area contributed by atoms with Crippen LogP contribution in [0.1, 0.15) is 38.3 Å². The summed E-state index contributed by atoms with van der Waals surface area (Å²) in [5, 5.41) is 14.1. The normalized spacial score (nSPS) is 21.0. The molecule has 9 heteroatoms.